The van der Waals surface area contributed by atoms with Gasteiger partial charge in [-0.3, -0.25) is 57.5 Å². The van der Waals surface area contributed by atoms with Gasteiger partial charge in [0.25, 0.3) is 0 Å². The van der Waals surface area contributed by atoms with E-state index in [-0.39, 0.29) is 114 Å². The highest BCUT2D eigenvalue weighted by atomic mass is 16.4. The van der Waals surface area contributed by atoms with Crippen LogP contribution in [0.15, 0.2) is 30.3 Å². The van der Waals surface area contributed by atoms with Crippen LogP contribution < -0.4 is 98.2 Å². The van der Waals surface area contributed by atoms with E-state index in [4.69, 9.17) is 34.4 Å². The molecule has 13 atom stereocenters. The smallest absolute Gasteiger partial charge is 0.326 e. The summed E-state index contributed by atoms with van der Waals surface area (Å²) in [6, 6.07) is -6.64. The van der Waals surface area contributed by atoms with Crippen molar-refractivity contribution in [3.05, 3.63) is 35.9 Å². The normalized spacial score (nSPS) is 15.2. The van der Waals surface area contributed by atoms with E-state index < -0.39 is 155 Å². The fraction of sp³-hybridized carbons (Fsp3) is 0.736. The summed E-state index contributed by atoms with van der Waals surface area (Å²) in [4.78, 5) is 180. The average Bonchev–Trinajstić information content (AvgIpc) is 0.866. The van der Waals surface area contributed by atoms with E-state index in [1.54, 1.807) is 0 Å². The second kappa shape index (κ2) is 52.1. The molecule has 0 radical (unpaired) electrons. The molecule has 104 heavy (non-hydrogen) atoms. The Hall–Kier alpha value is -7.91. The summed E-state index contributed by atoms with van der Waals surface area (Å²) in [7, 11) is 0. The number of nitrogens with two attached hydrogens (primary N) is 6. The van der Waals surface area contributed by atoms with Gasteiger partial charge in [0.2, 0.25) is 70.9 Å². The van der Waals surface area contributed by atoms with Gasteiger partial charge in [0, 0.05) is 0 Å². The van der Waals surface area contributed by atoms with E-state index in [9.17, 15) is 67.4 Å². The van der Waals surface area contributed by atoms with Gasteiger partial charge in [0.05, 0.1) is 6.04 Å². The lowest BCUT2D eigenvalue weighted by atomic mass is 9.99. The molecule has 0 aliphatic heterocycles. The maximum Gasteiger partial charge on any atom is 0.326 e. The second-order valence-corrected chi connectivity index (χ2v) is 28.8. The first kappa shape index (κ1) is 94.1. The molecule has 0 saturated carbocycles. The van der Waals surface area contributed by atoms with E-state index >= 15 is 0 Å². The Balaban J connectivity index is 3.45. The molecule has 25 N–H and O–H groups in total. The van der Waals surface area contributed by atoms with Gasteiger partial charge in [-0.05, 0) is 211 Å². The van der Waals surface area contributed by atoms with Crippen LogP contribution in [0.3, 0.4) is 0 Å². The van der Waals surface area contributed by atoms with Crippen molar-refractivity contribution in [2.75, 3.05) is 32.7 Å². The molecule has 0 saturated heterocycles. The highest BCUT2D eigenvalue weighted by Gasteiger charge is 2.37. The third-order valence-electron chi connectivity index (χ3n) is 17.1. The molecule has 0 heterocycles. The van der Waals surface area contributed by atoms with Crippen molar-refractivity contribution in [2.45, 2.75) is 283 Å². The Morgan fingerprint density at radius 2 is 0.500 bits per heavy atom. The number of aliphatic carboxylic acids is 1. The van der Waals surface area contributed by atoms with Crippen LogP contribution in [0.1, 0.15) is 204 Å². The molecule has 0 fully saturated rings. The SMILES string of the molecule is CC(C)C[C@H](NC(=O)[C@H](CC(C)C)NC(=O)[C@H](CCCCN)NC(=O)[C@H](C)NC(=O)[C@H](CC(C)C)NC(=O)[C@H](CCCCN)NC(=O)[C@H](CCCCN)NC(=O)[C@H](C)NC(=O)[C@H](CC(C)C)NC(=O)[C@H](CCCCN)NC(=O)[C@H](CCCCN)NC(=O)[C@H](C)NC(=O)[C@@H](N)Cc1ccccc1)C(=O)O. The monoisotopic (exact) mass is 1470 g/mol. The van der Waals surface area contributed by atoms with E-state index in [1.165, 1.54) is 20.8 Å². The minimum absolute atomic E-state index is 0.0420. The molecule has 1 rings (SSSR count). The van der Waals surface area contributed by atoms with Crippen LogP contribution >= 0.6 is 0 Å². The third-order valence-corrected chi connectivity index (χ3v) is 17.1. The lowest BCUT2D eigenvalue weighted by Crippen LogP contribution is -2.60. The van der Waals surface area contributed by atoms with E-state index in [0.717, 1.165) is 5.56 Å². The maximum absolute atomic E-state index is 14.5. The number of nitrogens with one attached hydrogen (secondary N) is 12. The van der Waals surface area contributed by atoms with Gasteiger partial charge in [0.15, 0.2) is 0 Å². The molecular weight excluding hydrogens is 1340 g/mol. The summed E-state index contributed by atoms with van der Waals surface area (Å²) < 4.78 is 0. The van der Waals surface area contributed by atoms with Gasteiger partial charge < -0.3 is 103 Å². The first-order chi connectivity index (χ1) is 49.1. The Bertz CT molecular complexity index is 2820. The molecule has 0 aromatic heterocycles. The van der Waals surface area contributed by atoms with Crippen LogP contribution in [0.25, 0.3) is 0 Å². The largest absolute Gasteiger partial charge is 0.480 e. The molecule has 1 aromatic rings. The zero-order valence-corrected chi connectivity index (χ0v) is 63.6. The zero-order chi connectivity index (χ0) is 78.6. The minimum Gasteiger partial charge on any atom is -0.480 e. The highest BCUT2D eigenvalue weighted by Crippen LogP contribution is 2.15. The van der Waals surface area contributed by atoms with E-state index in [0.29, 0.717) is 70.8 Å². The number of carboxylic acid groups (broad SMARTS) is 1. The van der Waals surface area contributed by atoms with Gasteiger partial charge in [-0.25, -0.2) is 4.79 Å². The number of carbonyl (C=O) groups is 13. The Labute approximate surface area is 615 Å². The van der Waals surface area contributed by atoms with Gasteiger partial charge >= 0.3 is 5.97 Å². The molecule has 32 heteroatoms. The Kier molecular flexibility index (Phi) is 47.2. The fourth-order valence-corrected chi connectivity index (χ4v) is 11.2. The van der Waals surface area contributed by atoms with E-state index in [1.807, 2.05) is 85.7 Å². The van der Waals surface area contributed by atoms with Crippen LogP contribution in [0.4, 0.5) is 0 Å². The van der Waals surface area contributed by atoms with Crippen molar-refractivity contribution < 1.29 is 67.4 Å². The van der Waals surface area contributed by atoms with Gasteiger partial charge in [-0.2, -0.15) is 0 Å². The van der Waals surface area contributed by atoms with Crippen LogP contribution in [0.2, 0.25) is 0 Å². The van der Waals surface area contributed by atoms with Crippen LogP contribution in [0, 0.1) is 23.7 Å². The molecule has 32 nitrogen and oxygen atoms in total. The van der Waals surface area contributed by atoms with Crippen LogP contribution in [-0.2, 0) is 68.7 Å². The number of hydrogen-bond donors (Lipinski definition) is 19. The maximum atomic E-state index is 14.5. The molecule has 1 aromatic carbocycles. The average molecular weight is 1470 g/mol. The minimum atomic E-state index is -1.32. The summed E-state index contributed by atoms with van der Waals surface area (Å²) in [6.45, 7) is 20.1. The predicted octanol–water partition coefficient (Wildman–Crippen LogP) is -0.652. The summed E-state index contributed by atoms with van der Waals surface area (Å²) in [6.07, 6.45) is 5.32. The molecule has 0 unspecified atom stereocenters. The molecular formula is C72H130N18O14. The van der Waals surface area contributed by atoms with Crippen molar-refractivity contribution in [1.29, 1.82) is 0 Å². The predicted molar refractivity (Wildman–Crippen MR) is 398 cm³/mol. The van der Waals surface area contributed by atoms with Gasteiger partial charge in [-0.1, -0.05) is 85.7 Å². The van der Waals surface area contributed by atoms with E-state index in [2.05, 4.69) is 63.8 Å². The van der Waals surface area contributed by atoms with Crippen molar-refractivity contribution in [2.24, 2.45) is 58.1 Å². The second-order valence-electron chi connectivity index (χ2n) is 28.8. The molecule has 0 aliphatic carbocycles. The lowest BCUT2D eigenvalue weighted by molar-refractivity contribution is -0.143. The number of hydrogen-bond acceptors (Lipinski definition) is 19. The lowest BCUT2D eigenvalue weighted by Gasteiger charge is -2.28. The van der Waals surface area contributed by atoms with Crippen molar-refractivity contribution in [3.8, 4) is 0 Å². The number of benzene rings is 1. The summed E-state index contributed by atoms with van der Waals surface area (Å²) in [5.74, 6) is -10.6. The first-order valence-corrected chi connectivity index (χ1v) is 37.3. The topological polar surface area (TPSA) is 543 Å². The number of carboxylic acids is 1. The number of carbonyl (C=O) groups excluding carboxylic acids is 12. The molecule has 0 spiro atoms. The van der Waals surface area contributed by atoms with Crippen LogP contribution in [-0.4, -0.2) is 193 Å². The summed E-state index contributed by atoms with van der Waals surface area (Å²) >= 11 is 0. The first-order valence-electron chi connectivity index (χ1n) is 37.3. The standard InChI is InChI=1S/C72H130N18O14/c1-42(2)37-56(87-67(98)54(30-18-23-35-76)85-64(95)51(27-15-20-32-73)82-60(91)46(9)79-63(94)50(78)41-49-25-13-12-14-26-49)69(100)80-47(10)61(92)83-52(28-16-21-33-74)65(96)86-55(31-19-24-36-77)68(99)88-57(38-43(3)4)70(101)81-48(11)62(93)84-53(29-17-22-34-75)66(97)89-58(39-44(5)6)71(102)90-59(72(103)104)40-45(7)8/h12-14,25-26,42-48,50-59H,15-24,27-41,73-78H2,1-11H3,(H,79,94)(H,80,100)(H,81,101)(H,82,91)(H,83,92)(H,84,93)(H,85,95)(H,86,96)(H,87,98)(H,88,99)(H,89,97)(H,90,102)(H,103,104)/t46-,47-,48-,50-,51-,52-,53-,54-,55-,56-,57-,58-,59-/m0/s1. The van der Waals surface area contributed by atoms with Gasteiger partial charge in [0.1, 0.15) is 72.5 Å². The molecule has 0 bridgehead atoms. The number of unbranched alkanes of at least 4 members (excludes halogenated alkanes) is 5. The highest BCUT2D eigenvalue weighted by molar-refractivity contribution is 5.99. The van der Waals surface area contributed by atoms with Crippen molar-refractivity contribution in [3.63, 3.8) is 0 Å². The third kappa shape index (κ3) is 38.7. The van der Waals surface area contributed by atoms with Crippen LogP contribution in [0.5, 0.6) is 0 Å². The van der Waals surface area contributed by atoms with Gasteiger partial charge in [-0.15, -0.1) is 0 Å². The quantitative estimate of drug-likeness (QED) is 0.0360. The summed E-state index contributed by atoms with van der Waals surface area (Å²) in [5.41, 5.74) is 36.0. The number of amides is 12. The Morgan fingerprint density at radius 1 is 0.288 bits per heavy atom. The van der Waals surface area contributed by atoms with Crippen molar-refractivity contribution in [1.82, 2.24) is 63.8 Å². The fourth-order valence-electron chi connectivity index (χ4n) is 11.2. The van der Waals surface area contributed by atoms with Crippen molar-refractivity contribution >= 4 is 76.9 Å². The number of rotatable bonds is 55. The molecule has 12 amide bonds. The Morgan fingerprint density at radius 3 is 0.750 bits per heavy atom. The zero-order valence-electron chi connectivity index (χ0n) is 63.6. The summed E-state index contributed by atoms with van der Waals surface area (Å²) in [5, 5.41) is 42.1. The molecule has 592 valence electrons. The molecule has 0 aliphatic rings.